The second kappa shape index (κ2) is 17.7. The van der Waals surface area contributed by atoms with E-state index in [2.05, 4.69) is 24.5 Å². The maximum absolute atomic E-state index is 14.5. The van der Waals surface area contributed by atoms with Crippen LogP contribution >= 0.6 is 0 Å². The van der Waals surface area contributed by atoms with E-state index < -0.39 is 26.7 Å². The maximum atomic E-state index is 14.5. The van der Waals surface area contributed by atoms with Crippen LogP contribution < -0.4 is 14.4 Å². The Morgan fingerprint density at radius 2 is 1.61 bits per heavy atom. The Morgan fingerprint density at radius 3 is 2.25 bits per heavy atom. The van der Waals surface area contributed by atoms with Crippen molar-refractivity contribution >= 4 is 27.8 Å². The standard InChI is InChI=1S/C42H64FN7O6S/c1-29(2)50(30(3)4)39(51)35-24-32(43)8-9-36(35)55-37-25-44-28-45-38(37)49-19-12-31(27-49)26-47-22-17-42(18-23-47)15-10-33(11-16-42)46-57(53,54)34-13-20-48(21-14-34)40(52)56-41(5,6)7/h8-9,24-25,28-31,33-34,46H,10-23,26-27H2,1-7H3/t31-/m0/s1. The van der Waals surface area contributed by atoms with Crippen molar-refractivity contribution in [3.05, 3.63) is 42.1 Å². The van der Waals surface area contributed by atoms with Gasteiger partial charge in [-0.05, 0) is 149 Å². The highest BCUT2D eigenvalue weighted by atomic mass is 32.2. The van der Waals surface area contributed by atoms with Gasteiger partial charge in [0.1, 0.15) is 23.5 Å². The summed E-state index contributed by atoms with van der Waals surface area (Å²) in [6.45, 7) is 18.7. The maximum Gasteiger partial charge on any atom is 0.410 e. The molecule has 1 N–H and O–H groups in total. The summed E-state index contributed by atoms with van der Waals surface area (Å²) in [4.78, 5) is 43.0. The monoisotopic (exact) mass is 813 g/mol. The fourth-order valence-electron chi connectivity index (χ4n) is 9.30. The van der Waals surface area contributed by atoms with Crippen LogP contribution in [0.2, 0.25) is 0 Å². The second-order valence-corrected chi connectivity index (χ2v) is 20.4. The molecule has 1 aliphatic carbocycles. The van der Waals surface area contributed by atoms with Crippen molar-refractivity contribution in [1.29, 1.82) is 0 Å². The lowest BCUT2D eigenvalue weighted by molar-refractivity contribution is 0.0216. The molecule has 1 aromatic heterocycles. The number of benzene rings is 1. The first-order valence-electron chi connectivity index (χ1n) is 21.0. The number of nitrogens with one attached hydrogen (secondary N) is 1. The third-order valence-electron chi connectivity index (χ3n) is 12.3. The third-order valence-corrected chi connectivity index (χ3v) is 14.3. The predicted octanol–water partition coefficient (Wildman–Crippen LogP) is 6.84. The number of ether oxygens (including phenoxy) is 2. The van der Waals surface area contributed by atoms with Crippen LogP contribution in [0.3, 0.4) is 0 Å². The number of amides is 2. The van der Waals surface area contributed by atoms with Crippen LogP contribution in [0, 0.1) is 17.2 Å². The fourth-order valence-corrected chi connectivity index (χ4v) is 11.0. The smallest absolute Gasteiger partial charge is 0.410 e. The Bertz CT molecular complexity index is 1800. The summed E-state index contributed by atoms with van der Waals surface area (Å²) in [5.74, 6) is 1.02. The highest BCUT2D eigenvalue weighted by molar-refractivity contribution is 7.90. The van der Waals surface area contributed by atoms with Crippen molar-refractivity contribution < 1.29 is 31.9 Å². The molecule has 3 saturated heterocycles. The summed E-state index contributed by atoms with van der Waals surface area (Å²) < 4.78 is 56.1. The summed E-state index contributed by atoms with van der Waals surface area (Å²) in [5.41, 5.74) is -0.142. The Kier molecular flexibility index (Phi) is 13.4. The topological polar surface area (TPSA) is 138 Å². The minimum atomic E-state index is -3.48. The first-order valence-corrected chi connectivity index (χ1v) is 22.5. The molecule has 6 rings (SSSR count). The van der Waals surface area contributed by atoms with E-state index in [0.717, 1.165) is 77.7 Å². The average Bonchev–Trinajstić information content (AvgIpc) is 3.62. The quantitative estimate of drug-likeness (QED) is 0.257. The Morgan fingerprint density at radius 1 is 0.947 bits per heavy atom. The second-order valence-electron chi connectivity index (χ2n) is 18.4. The van der Waals surface area contributed by atoms with Crippen molar-refractivity contribution in [3.63, 3.8) is 0 Å². The summed E-state index contributed by atoms with van der Waals surface area (Å²) in [5, 5.41) is -0.487. The van der Waals surface area contributed by atoms with Gasteiger partial charge < -0.3 is 29.1 Å². The van der Waals surface area contributed by atoms with E-state index in [-0.39, 0.29) is 46.9 Å². The number of carbonyl (C=O) groups is 2. The summed E-state index contributed by atoms with van der Waals surface area (Å²) >= 11 is 0. The van der Waals surface area contributed by atoms with Crippen molar-refractivity contribution in [2.75, 3.05) is 50.7 Å². The van der Waals surface area contributed by atoms with Crippen molar-refractivity contribution in [2.45, 2.75) is 135 Å². The van der Waals surface area contributed by atoms with E-state index in [1.54, 1.807) is 16.0 Å². The van der Waals surface area contributed by atoms with Gasteiger partial charge in [0.05, 0.1) is 17.0 Å². The first kappa shape index (κ1) is 43.0. The van der Waals surface area contributed by atoms with Gasteiger partial charge in [-0.2, -0.15) is 0 Å². The number of aromatic nitrogens is 2. The Hall–Kier alpha value is -3.56. The molecular weight excluding hydrogens is 750 g/mol. The number of carbonyl (C=O) groups excluding carboxylic acids is 2. The lowest BCUT2D eigenvalue weighted by atomic mass is 9.67. The van der Waals surface area contributed by atoms with E-state index in [9.17, 15) is 22.4 Å². The van der Waals surface area contributed by atoms with E-state index in [4.69, 9.17) is 9.47 Å². The molecule has 0 bridgehead atoms. The molecule has 3 aliphatic heterocycles. The zero-order chi connectivity index (χ0) is 41.1. The molecule has 15 heteroatoms. The lowest BCUT2D eigenvalue weighted by Crippen LogP contribution is -2.50. The highest BCUT2D eigenvalue weighted by Crippen LogP contribution is 2.45. The molecule has 0 radical (unpaired) electrons. The zero-order valence-corrected chi connectivity index (χ0v) is 35.8. The number of anilines is 1. The predicted molar refractivity (Wildman–Crippen MR) is 219 cm³/mol. The molecule has 4 heterocycles. The number of halogens is 1. The molecule has 1 aromatic carbocycles. The van der Waals surface area contributed by atoms with E-state index in [1.807, 2.05) is 48.5 Å². The van der Waals surface area contributed by atoms with Gasteiger partial charge in [0, 0.05) is 50.8 Å². The molecule has 1 atom stereocenters. The molecular formula is C42H64FN7O6S. The van der Waals surface area contributed by atoms with Gasteiger partial charge in [-0.15, -0.1) is 0 Å². The number of hydrogen-bond donors (Lipinski definition) is 1. The number of sulfonamides is 1. The van der Waals surface area contributed by atoms with Gasteiger partial charge in [-0.3, -0.25) is 4.79 Å². The minimum absolute atomic E-state index is 0.0346. The molecule has 2 aromatic rings. The SMILES string of the molecule is CC(C)N(C(=O)c1cc(F)ccc1Oc1cncnc1N1CC[C@@H](CN2CCC3(CCC(NS(=O)(=O)C4CCN(C(=O)OC(C)(C)C)CC4)CC3)CC2)C1)C(C)C. The molecule has 0 unspecified atom stereocenters. The number of likely N-dealkylation sites (tertiary alicyclic amines) is 2. The van der Waals surface area contributed by atoms with Crippen LogP contribution in [0.1, 0.15) is 117 Å². The van der Waals surface area contributed by atoms with Crippen LogP contribution in [0.5, 0.6) is 11.5 Å². The molecule has 13 nitrogen and oxygen atoms in total. The van der Waals surface area contributed by atoms with Gasteiger partial charge in [0.15, 0.2) is 11.6 Å². The molecule has 1 spiro atoms. The molecule has 1 saturated carbocycles. The lowest BCUT2D eigenvalue weighted by Gasteiger charge is -2.46. The van der Waals surface area contributed by atoms with Crippen molar-refractivity contribution in [3.8, 4) is 11.5 Å². The summed E-state index contributed by atoms with van der Waals surface area (Å²) in [6, 6.07) is 3.86. The van der Waals surface area contributed by atoms with Gasteiger partial charge in [0.25, 0.3) is 5.91 Å². The Labute approximate surface area is 339 Å². The van der Waals surface area contributed by atoms with Crippen LogP contribution in [0.15, 0.2) is 30.7 Å². The molecule has 2 amide bonds. The number of nitrogens with zero attached hydrogens (tertiary/aromatic N) is 6. The van der Waals surface area contributed by atoms with Gasteiger partial charge >= 0.3 is 6.09 Å². The number of hydrogen-bond acceptors (Lipinski definition) is 10. The van der Waals surface area contributed by atoms with Crippen LogP contribution in [0.25, 0.3) is 0 Å². The summed E-state index contributed by atoms with van der Waals surface area (Å²) in [7, 11) is -3.48. The zero-order valence-electron chi connectivity index (χ0n) is 35.0. The first-order chi connectivity index (χ1) is 26.9. The van der Waals surface area contributed by atoms with Gasteiger partial charge in [-0.1, -0.05) is 0 Å². The average molecular weight is 814 g/mol. The van der Waals surface area contributed by atoms with E-state index in [0.29, 0.717) is 43.4 Å². The molecule has 57 heavy (non-hydrogen) atoms. The fraction of sp³-hybridized carbons (Fsp3) is 0.714. The largest absolute Gasteiger partial charge is 0.451 e. The van der Waals surface area contributed by atoms with Crippen LogP contribution in [0.4, 0.5) is 15.0 Å². The minimum Gasteiger partial charge on any atom is -0.451 e. The molecule has 4 fully saturated rings. The van der Waals surface area contributed by atoms with Crippen LogP contribution in [-0.2, 0) is 14.8 Å². The third kappa shape index (κ3) is 10.7. The number of piperidine rings is 2. The van der Waals surface area contributed by atoms with Gasteiger partial charge in [-0.25, -0.2) is 32.3 Å². The van der Waals surface area contributed by atoms with Crippen molar-refractivity contribution in [2.24, 2.45) is 11.3 Å². The van der Waals surface area contributed by atoms with Gasteiger partial charge in [0.2, 0.25) is 10.0 Å². The highest BCUT2D eigenvalue weighted by Gasteiger charge is 2.41. The van der Waals surface area contributed by atoms with E-state index >= 15 is 0 Å². The molecule has 4 aliphatic rings. The van der Waals surface area contributed by atoms with Crippen molar-refractivity contribution in [1.82, 2.24) is 29.4 Å². The number of rotatable bonds is 11. The van der Waals surface area contributed by atoms with E-state index in [1.165, 1.54) is 24.5 Å². The Balaban J connectivity index is 0.968. The normalized spacial score (nSPS) is 21.4. The summed E-state index contributed by atoms with van der Waals surface area (Å²) in [6.07, 6.45) is 10.6. The molecule has 316 valence electrons. The van der Waals surface area contributed by atoms with Crippen LogP contribution in [-0.4, -0.2) is 120 Å².